The van der Waals surface area contributed by atoms with E-state index in [4.69, 9.17) is 10.5 Å². The van der Waals surface area contributed by atoms with Gasteiger partial charge in [0.15, 0.2) is 0 Å². The number of nitrogens with zero attached hydrogens (tertiary/aromatic N) is 1. The molecule has 0 aliphatic carbocycles. The van der Waals surface area contributed by atoms with Gasteiger partial charge in [-0.25, -0.2) is 0 Å². The standard InChI is InChI=1S/C15H23N3O2.2ClH/c1-20-11-10-18-8-6-12(7-9-18)17-15(19)13-4-2-3-5-14(13)16;;/h2-5,12H,6-11,16H2,1H3,(H,17,19);2*1H. The van der Waals surface area contributed by atoms with Gasteiger partial charge in [-0.15, -0.1) is 24.8 Å². The zero-order valence-electron chi connectivity index (χ0n) is 12.8. The van der Waals surface area contributed by atoms with Crippen LogP contribution in [0.15, 0.2) is 24.3 Å². The Bertz CT molecular complexity index is 452. The molecule has 0 aromatic heterocycles. The number of nitrogens with two attached hydrogens (primary N) is 1. The number of rotatable bonds is 5. The van der Waals surface area contributed by atoms with Gasteiger partial charge in [0.05, 0.1) is 12.2 Å². The van der Waals surface area contributed by atoms with E-state index in [0.29, 0.717) is 11.3 Å². The molecule has 1 saturated heterocycles. The molecule has 22 heavy (non-hydrogen) atoms. The summed E-state index contributed by atoms with van der Waals surface area (Å²) >= 11 is 0. The van der Waals surface area contributed by atoms with Crippen LogP contribution in [0.1, 0.15) is 23.2 Å². The number of benzene rings is 1. The van der Waals surface area contributed by atoms with Crippen molar-refractivity contribution < 1.29 is 9.53 Å². The summed E-state index contributed by atoms with van der Waals surface area (Å²) in [6, 6.07) is 7.42. The molecule has 3 N–H and O–H groups in total. The number of hydrogen-bond donors (Lipinski definition) is 2. The molecule has 1 heterocycles. The minimum absolute atomic E-state index is 0. The number of nitrogen functional groups attached to an aromatic ring is 1. The Kier molecular flexibility index (Phi) is 10.2. The molecule has 0 atom stereocenters. The Morgan fingerprint density at radius 3 is 2.55 bits per heavy atom. The van der Waals surface area contributed by atoms with Crippen molar-refractivity contribution in [2.45, 2.75) is 18.9 Å². The van der Waals surface area contributed by atoms with Crippen molar-refractivity contribution in [3.8, 4) is 0 Å². The summed E-state index contributed by atoms with van der Waals surface area (Å²) in [5.41, 5.74) is 6.91. The van der Waals surface area contributed by atoms with Crippen molar-refractivity contribution in [2.24, 2.45) is 0 Å². The Hall–Kier alpha value is -1.01. The third kappa shape index (κ3) is 6.01. The number of carbonyl (C=O) groups is 1. The summed E-state index contributed by atoms with van der Waals surface area (Å²) in [7, 11) is 1.72. The monoisotopic (exact) mass is 349 g/mol. The largest absolute Gasteiger partial charge is 0.398 e. The van der Waals surface area contributed by atoms with Crippen LogP contribution in [-0.4, -0.2) is 50.2 Å². The second-order valence-electron chi connectivity index (χ2n) is 5.17. The minimum atomic E-state index is -0.0709. The van der Waals surface area contributed by atoms with Crippen LogP contribution in [0.25, 0.3) is 0 Å². The first kappa shape index (κ1) is 21.0. The highest BCUT2D eigenvalue weighted by molar-refractivity contribution is 5.99. The van der Waals surface area contributed by atoms with E-state index in [0.717, 1.165) is 39.1 Å². The predicted molar refractivity (Wildman–Crippen MR) is 94.2 cm³/mol. The maximum atomic E-state index is 12.2. The average molecular weight is 350 g/mol. The third-order valence-corrected chi connectivity index (χ3v) is 3.74. The lowest BCUT2D eigenvalue weighted by Gasteiger charge is -2.32. The number of halogens is 2. The number of likely N-dealkylation sites (tertiary alicyclic amines) is 1. The maximum absolute atomic E-state index is 12.2. The van der Waals surface area contributed by atoms with Crippen molar-refractivity contribution in [1.82, 2.24) is 10.2 Å². The highest BCUT2D eigenvalue weighted by Crippen LogP contribution is 2.14. The molecule has 1 aliphatic heterocycles. The van der Waals surface area contributed by atoms with Crippen LogP contribution in [0.3, 0.4) is 0 Å². The predicted octanol–water partition coefficient (Wildman–Crippen LogP) is 1.95. The molecule has 0 saturated carbocycles. The lowest BCUT2D eigenvalue weighted by Crippen LogP contribution is -2.45. The molecule has 7 heteroatoms. The smallest absolute Gasteiger partial charge is 0.253 e. The Morgan fingerprint density at radius 1 is 1.32 bits per heavy atom. The lowest BCUT2D eigenvalue weighted by atomic mass is 10.0. The van der Waals surface area contributed by atoms with Crippen LogP contribution >= 0.6 is 24.8 Å². The summed E-state index contributed by atoms with van der Waals surface area (Å²) in [6.45, 7) is 3.72. The Balaban J connectivity index is 0.00000220. The fraction of sp³-hybridized carbons (Fsp3) is 0.533. The summed E-state index contributed by atoms with van der Waals surface area (Å²) in [4.78, 5) is 14.5. The average Bonchev–Trinajstić information content (AvgIpc) is 2.47. The van der Waals surface area contributed by atoms with Crippen molar-refractivity contribution in [3.63, 3.8) is 0 Å². The van der Waals surface area contributed by atoms with Crippen LogP contribution in [0.4, 0.5) is 5.69 Å². The van der Waals surface area contributed by atoms with Crippen LogP contribution < -0.4 is 11.1 Å². The minimum Gasteiger partial charge on any atom is -0.398 e. The highest BCUT2D eigenvalue weighted by atomic mass is 35.5. The number of para-hydroxylation sites is 1. The first-order chi connectivity index (χ1) is 9.70. The quantitative estimate of drug-likeness (QED) is 0.797. The summed E-state index contributed by atoms with van der Waals surface area (Å²) in [5, 5.41) is 3.08. The lowest BCUT2D eigenvalue weighted by molar-refractivity contribution is 0.0893. The molecular weight excluding hydrogens is 325 g/mol. The number of amides is 1. The van der Waals surface area contributed by atoms with Gasteiger partial charge in [0.1, 0.15) is 0 Å². The SMILES string of the molecule is COCCN1CCC(NC(=O)c2ccccc2N)CC1.Cl.Cl. The Labute approximate surface area is 144 Å². The molecule has 0 spiro atoms. The fourth-order valence-corrected chi connectivity index (χ4v) is 2.49. The van der Waals surface area contributed by atoms with Gasteiger partial charge >= 0.3 is 0 Å². The number of methoxy groups -OCH3 is 1. The van der Waals surface area contributed by atoms with Gasteiger partial charge in [0.2, 0.25) is 0 Å². The van der Waals surface area contributed by atoms with Crippen molar-refractivity contribution in [2.75, 3.05) is 39.1 Å². The molecule has 0 unspecified atom stereocenters. The van der Waals surface area contributed by atoms with Crippen molar-refractivity contribution in [3.05, 3.63) is 29.8 Å². The first-order valence-corrected chi connectivity index (χ1v) is 7.07. The molecule has 0 bridgehead atoms. The Morgan fingerprint density at radius 2 is 1.95 bits per heavy atom. The van der Waals surface area contributed by atoms with E-state index in [9.17, 15) is 4.79 Å². The topological polar surface area (TPSA) is 67.6 Å². The fourth-order valence-electron chi connectivity index (χ4n) is 2.49. The second-order valence-corrected chi connectivity index (χ2v) is 5.17. The highest BCUT2D eigenvalue weighted by Gasteiger charge is 2.21. The van der Waals surface area contributed by atoms with E-state index < -0.39 is 0 Å². The van der Waals surface area contributed by atoms with Crippen LogP contribution in [0, 0.1) is 0 Å². The number of hydrogen-bond acceptors (Lipinski definition) is 4. The number of ether oxygens (including phenoxy) is 1. The van der Waals surface area contributed by atoms with Gasteiger partial charge < -0.3 is 20.7 Å². The van der Waals surface area contributed by atoms with E-state index >= 15 is 0 Å². The van der Waals surface area contributed by atoms with E-state index in [1.807, 2.05) is 12.1 Å². The number of anilines is 1. The molecule has 5 nitrogen and oxygen atoms in total. The zero-order chi connectivity index (χ0) is 14.4. The summed E-state index contributed by atoms with van der Waals surface area (Å²) < 4.78 is 5.08. The molecule has 0 radical (unpaired) electrons. The van der Waals surface area contributed by atoms with Gasteiger partial charge in [0.25, 0.3) is 5.91 Å². The zero-order valence-corrected chi connectivity index (χ0v) is 14.4. The summed E-state index contributed by atoms with van der Waals surface area (Å²) in [6.07, 6.45) is 1.95. The van der Waals surface area contributed by atoms with Crippen LogP contribution in [-0.2, 0) is 4.74 Å². The van der Waals surface area contributed by atoms with Gasteiger partial charge in [-0.3, -0.25) is 4.79 Å². The molecule has 2 rings (SSSR count). The number of carbonyl (C=O) groups excluding carboxylic acids is 1. The van der Waals surface area contributed by atoms with Gasteiger partial charge in [-0.05, 0) is 25.0 Å². The van der Waals surface area contributed by atoms with Gasteiger partial charge in [-0.2, -0.15) is 0 Å². The van der Waals surface area contributed by atoms with Crippen LogP contribution in [0.2, 0.25) is 0 Å². The molecule has 1 aliphatic rings. The van der Waals surface area contributed by atoms with E-state index in [1.165, 1.54) is 0 Å². The molecule has 1 amide bonds. The molecule has 1 aromatic rings. The third-order valence-electron chi connectivity index (χ3n) is 3.74. The maximum Gasteiger partial charge on any atom is 0.253 e. The summed E-state index contributed by atoms with van der Waals surface area (Å²) in [5.74, 6) is -0.0709. The van der Waals surface area contributed by atoms with Crippen molar-refractivity contribution in [1.29, 1.82) is 0 Å². The molecular formula is C15H25Cl2N3O2. The van der Waals surface area contributed by atoms with E-state index in [-0.39, 0.29) is 36.8 Å². The van der Waals surface area contributed by atoms with Gasteiger partial charge in [0, 0.05) is 38.5 Å². The number of piperidine rings is 1. The molecule has 1 aromatic carbocycles. The molecule has 126 valence electrons. The second kappa shape index (κ2) is 10.7. The number of nitrogens with one attached hydrogen (secondary N) is 1. The first-order valence-electron chi connectivity index (χ1n) is 7.07. The van der Waals surface area contributed by atoms with Crippen LogP contribution in [0.5, 0.6) is 0 Å². The van der Waals surface area contributed by atoms with E-state index in [2.05, 4.69) is 10.2 Å². The van der Waals surface area contributed by atoms with Crippen molar-refractivity contribution >= 4 is 36.4 Å². The molecule has 1 fully saturated rings. The normalized spacial score (nSPS) is 15.5. The van der Waals surface area contributed by atoms with E-state index in [1.54, 1.807) is 19.2 Å². The van der Waals surface area contributed by atoms with Gasteiger partial charge in [-0.1, -0.05) is 12.1 Å².